The van der Waals surface area contributed by atoms with Gasteiger partial charge in [0, 0.05) is 10.6 Å². The molecule has 148 valence electrons. The molecule has 0 bridgehead atoms. The second-order valence-electron chi connectivity index (χ2n) is 6.07. The summed E-state index contributed by atoms with van der Waals surface area (Å²) in [6.07, 6.45) is 1.00. The maximum absolute atomic E-state index is 12.0. The molecule has 0 fully saturated rings. The fourth-order valence-corrected chi connectivity index (χ4v) is 2.46. The molecule has 0 heterocycles. The van der Waals surface area contributed by atoms with E-state index in [0.29, 0.717) is 27.8 Å². The van der Waals surface area contributed by atoms with Gasteiger partial charge in [0.2, 0.25) is 11.8 Å². The molecule has 0 radical (unpaired) electrons. The van der Waals surface area contributed by atoms with Gasteiger partial charge in [-0.2, -0.15) is 5.10 Å². The Bertz CT molecular complexity index is 868. The summed E-state index contributed by atoms with van der Waals surface area (Å²) in [6.45, 7) is 3.80. The van der Waals surface area contributed by atoms with Gasteiger partial charge >= 0.3 is 0 Å². The molecule has 0 aromatic heterocycles. The molecule has 0 spiro atoms. The number of amides is 2. The van der Waals surface area contributed by atoms with Crippen molar-refractivity contribution in [3.63, 3.8) is 0 Å². The van der Waals surface area contributed by atoms with E-state index in [1.54, 1.807) is 42.5 Å². The Morgan fingerprint density at radius 1 is 1.14 bits per heavy atom. The molecule has 2 rings (SSSR count). The Balaban J connectivity index is 1.93. The van der Waals surface area contributed by atoms with E-state index in [-0.39, 0.29) is 12.5 Å². The zero-order chi connectivity index (χ0) is 20.5. The van der Waals surface area contributed by atoms with Crippen LogP contribution in [0.3, 0.4) is 0 Å². The molecular weight excluding hydrogens is 382 g/mol. The van der Waals surface area contributed by atoms with Crippen LogP contribution in [0.2, 0.25) is 5.02 Å². The van der Waals surface area contributed by atoms with Gasteiger partial charge in [-0.1, -0.05) is 23.7 Å². The average molecular weight is 404 g/mol. The lowest BCUT2D eigenvalue weighted by atomic mass is 10.2. The van der Waals surface area contributed by atoms with Crippen LogP contribution in [0, 0.1) is 0 Å². The molecule has 2 aromatic rings. The number of hydrogen-bond acceptors (Lipinski definition) is 5. The summed E-state index contributed by atoms with van der Waals surface area (Å²) in [5.74, 6) is 0.0556. The molecule has 0 aliphatic heterocycles. The number of benzene rings is 2. The van der Waals surface area contributed by atoms with Gasteiger partial charge in [-0.05, 0) is 44.2 Å². The number of methoxy groups -OCH3 is 1. The van der Waals surface area contributed by atoms with Gasteiger partial charge in [0.05, 0.1) is 25.1 Å². The lowest BCUT2D eigenvalue weighted by Crippen LogP contribution is -2.24. The van der Waals surface area contributed by atoms with Gasteiger partial charge in [-0.3, -0.25) is 9.59 Å². The number of hydrogen-bond donors (Lipinski definition) is 2. The molecule has 0 atom stereocenters. The van der Waals surface area contributed by atoms with Crippen LogP contribution in [0.5, 0.6) is 11.5 Å². The van der Waals surface area contributed by atoms with E-state index in [9.17, 15) is 9.59 Å². The van der Waals surface area contributed by atoms with Crippen LogP contribution < -0.4 is 20.2 Å². The van der Waals surface area contributed by atoms with Gasteiger partial charge in [-0.25, -0.2) is 5.43 Å². The number of carbonyl (C=O) groups excluding carboxylic acids is 2. The van der Waals surface area contributed by atoms with E-state index in [4.69, 9.17) is 21.1 Å². The van der Waals surface area contributed by atoms with Gasteiger partial charge in [-0.15, -0.1) is 0 Å². The number of nitrogens with zero attached hydrogens (tertiary/aromatic N) is 1. The van der Waals surface area contributed by atoms with Crippen LogP contribution >= 0.6 is 11.6 Å². The topological polar surface area (TPSA) is 89.0 Å². The normalized spacial score (nSPS) is 10.8. The highest BCUT2D eigenvalue weighted by Gasteiger charge is 2.11. The number of hydrazone groups is 1. The minimum atomic E-state index is -0.558. The Labute approximate surface area is 168 Å². The minimum absolute atomic E-state index is 0.0263. The summed E-state index contributed by atoms with van der Waals surface area (Å²) >= 11 is 6.00. The predicted octanol–water partition coefficient (Wildman–Crippen LogP) is 3.61. The highest BCUT2D eigenvalue weighted by atomic mass is 35.5. The van der Waals surface area contributed by atoms with Crippen molar-refractivity contribution in [3.05, 3.63) is 53.1 Å². The molecule has 2 aromatic carbocycles. The molecule has 2 N–H and O–H groups in total. The Hall–Kier alpha value is -3.06. The monoisotopic (exact) mass is 403 g/mol. The highest BCUT2D eigenvalue weighted by Crippen LogP contribution is 2.23. The first kappa shape index (κ1) is 21.2. The SMILES string of the molecule is COc1ccccc1NC(=O)CC(=O)NN=Cc1cc(Cl)ccc1OC(C)C. The van der Waals surface area contributed by atoms with Crippen LogP contribution in [0.1, 0.15) is 25.8 Å². The van der Waals surface area contributed by atoms with Gasteiger partial charge < -0.3 is 14.8 Å². The summed E-state index contributed by atoms with van der Waals surface area (Å²) in [7, 11) is 1.50. The molecule has 0 unspecified atom stereocenters. The molecule has 0 aliphatic rings. The van der Waals surface area contributed by atoms with Gasteiger partial charge in [0.15, 0.2) is 0 Å². The van der Waals surface area contributed by atoms with Crippen molar-refractivity contribution in [2.45, 2.75) is 26.4 Å². The Morgan fingerprint density at radius 3 is 2.61 bits per heavy atom. The Kier molecular flexibility index (Phi) is 7.83. The van der Waals surface area contributed by atoms with Crippen molar-refractivity contribution in [3.8, 4) is 11.5 Å². The van der Waals surface area contributed by atoms with Crippen LogP contribution in [0.15, 0.2) is 47.6 Å². The molecule has 2 amide bonds. The molecule has 8 heteroatoms. The lowest BCUT2D eigenvalue weighted by molar-refractivity contribution is -0.126. The second-order valence-corrected chi connectivity index (χ2v) is 6.50. The second kappa shape index (κ2) is 10.3. The van der Waals surface area contributed by atoms with Gasteiger partial charge in [0.1, 0.15) is 17.9 Å². The summed E-state index contributed by atoms with van der Waals surface area (Å²) in [6, 6.07) is 12.0. The zero-order valence-electron chi connectivity index (χ0n) is 15.9. The third-order valence-corrected chi connectivity index (χ3v) is 3.66. The summed E-state index contributed by atoms with van der Waals surface area (Å²) in [5.41, 5.74) is 3.41. The molecule has 0 saturated heterocycles. The summed E-state index contributed by atoms with van der Waals surface area (Å²) in [4.78, 5) is 24.0. The molecule has 0 aliphatic carbocycles. The van der Waals surface area contributed by atoms with Crippen LogP contribution in [-0.4, -0.2) is 31.2 Å². The highest BCUT2D eigenvalue weighted by molar-refractivity contribution is 6.30. The first-order chi connectivity index (χ1) is 13.4. The summed E-state index contributed by atoms with van der Waals surface area (Å²) < 4.78 is 10.8. The van der Waals surface area contributed by atoms with E-state index in [1.165, 1.54) is 13.3 Å². The smallest absolute Gasteiger partial charge is 0.249 e. The van der Waals surface area contributed by atoms with Crippen molar-refractivity contribution in [2.24, 2.45) is 5.10 Å². The van der Waals surface area contributed by atoms with Crippen molar-refractivity contribution in [1.29, 1.82) is 0 Å². The van der Waals surface area contributed by atoms with E-state index in [1.807, 2.05) is 13.8 Å². The number of anilines is 1. The van der Waals surface area contributed by atoms with Crippen LogP contribution in [0.25, 0.3) is 0 Å². The number of para-hydroxylation sites is 2. The third-order valence-electron chi connectivity index (χ3n) is 3.43. The largest absolute Gasteiger partial charge is 0.495 e. The first-order valence-corrected chi connectivity index (χ1v) is 8.98. The van der Waals surface area contributed by atoms with Crippen LogP contribution in [-0.2, 0) is 9.59 Å². The quantitative estimate of drug-likeness (QED) is 0.400. The minimum Gasteiger partial charge on any atom is -0.495 e. The molecular formula is C20H22ClN3O4. The number of rotatable bonds is 8. The number of ether oxygens (including phenoxy) is 2. The maximum Gasteiger partial charge on any atom is 0.249 e. The van der Waals surface area contributed by atoms with Gasteiger partial charge in [0.25, 0.3) is 0 Å². The lowest BCUT2D eigenvalue weighted by Gasteiger charge is -2.12. The van der Waals surface area contributed by atoms with E-state index in [2.05, 4.69) is 15.8 Å². The summed E-state index contributed by atoms with van der Waals surface area (Å²) in [5, 5.41) is 7.02. The predicted molar refractivity (Wildman–Crippen MR) is 109 cm³/mol. The van der Waals surface area contributed by atoms with E-state index < -0.39 is 11.8 Å². The number of nitrogens with one attached hydrogen (secondary N) is 2. The Morgan fingerprint density at radius 2 is 1.89 bits per heavy atom. The molecule has 7 nitrogen and oxygen atoms in total. The first-order valence-electron chi connectivity index (χ1n) is 8.60. The van der Waals surface area contributed by atoms with E-state index in [0.717, 1.165) is 0 Å². The van der Waals surface area contributed by atoms with Crippen LogP contribution in [0.4, 0.5) is 5.69 Å². The third kappa shape index (κ3) is 6.59. The van der Waals surface area contributed by atoms with Crippen molar-refractivity contribution < 1.29 is 19.1 Å². The van der Waals surface area contributed by atoms with Crippen molar-refractivity contribution in [2.75, 3.05) is 12.4 Å². The standard InChI is InChI=1S/C20H22ClN3O4/c1-13(2)28-17-9-8-15(21)10-14(17)12-22-24-20(26)11-19(25)23-16-6-4-5-7-18(16)27-3/h4-10,12-13H,11H2,1-3H3,(H,23,25)(H,24,26). The molecule has 28 heavy (non-hydrogen) atoms. The maximum atomic E-state index is 12.0. The fraction of sp³-hybridized carbons (Fsp3) is 0.250. The number of carbonyl (C=O) groups is 2. The number of halogens is 1. The van der Waals surface area contributed by atoms with Crippen molar-refractivity contribution in [1.82, 2.24) is 5.43 Å². The average Bonchev–Trinajstić information content (AvgIpc) is 2.64. The van der Waals surface area contributed by atoms with Crippen molar-refractivity contribution >= 4 is 35.3 Å². The van der Waals surface area contributed by atoms with E-state index >= 15 is 0 Å². The fourth-order valence-electron chi connectivity index (χ4n) is 2.28. The zero-order valence-corrected chi connectivity index (χ0v) is 16.6. The molecule has 0 saturated carbocycles.